The van der Waals surface area contributed by atoms with Gasteiger partial charge in [0.2, 0.25) is 0 Å². The van der Waals surface area contributed by atoms with Gasteiger partial charge in [0.25, 0.3) is 0 Å². The highest BCUT2D eigenvalue weighted by molar-refractivity contribution is 5.48. The molecule has 0 aromatic heterocycles. The van der Waals surface area contributed by atoms with Crippen LogP contribution in [0.25, 0.3) is 0 Å². The molecule has 2 N–H and O–H groups in total. The Morgan fingerprint density at radius 3 is 2.88 bits per heavy atom. The van der Waals surface area contributed by atoms with Crippen molar-refractivity contribution < 1.29 is 13.5 Å². The summed E-state index contributed by atoms with van der Waals surface area (Å²) < 4.78 is 31.7. The van der Waals surface area contributed by atoms with Crippen LogP contribution in [0.4, 0.5) is 14.5 Å². The van der Waals surface area contributed by atoms with Gasteiger partial charge in [-0.3, -0.25) is 0 Å². The molecule has 2 rings (SSSR count). The maximum Gasteiger partial charge on any atom is 0.167 e. The normalized spacial score (nSPS) is 19.4. The molecule has 1 saturated heterocycles. The van der Waals surface area contributed by atoms with Crippen LogP contribution in [0.15, 0.2) is 12.1 Å². The predicted molar refractivity (Wildman–Crippen MR) is 62.4 cm³/mol. The monoisotopic (exact) mass is 242 g/mol. The first kappa shape index (κ1) is 12.1. The molecule has 3 nitrogen and oxygen atoms in total. The van der Waals surface area contributed by atoms with Crippen molar-refractivity contribution in [2.24, 2.45) is 5.92 Å². The summed E-state index contributed by atoms with van der Waals surface area (Å²) in [6, 6.07) is 2.20. The summed E-state index contributed by atoms with van der Waals surface area (Å²) in [6.07, 6.45) is 1.06. The lowest BCUT2D eigenvalue weighted by atomic mass is 10.1. The van der Waals surface area contributed by atoms with E-state index in [9.17, 15) is 8.78 Å². The lowest BCUT2D eigenvalue weighted by Crippen LogP contribution is -2.17. The van der Waals surface area contributed by atoms with Crippen molar-refractivity contribution >= 4 is 5.69 Å². The van der Waals surface area contributed by atoms with Gasteiger partial charge in [0.15, 0.2) is 11.6 Å². The quantitative estimate of drug-likeness (QED) is 0.847. The molecular formula is C12H16F2N2O. The average molecular weight is 242 g/mol. The number of rotatable bonds is 4. The molecule has 1 aromatic carbocycles. The Morgan fingerprint density at radius 2 is 2.24 bits per heavy atom. The average Bonchev–Trinajstić information content (AvgIpc) is 2.82. The van der Waals surface area contributed by atoms with Crippen LogP contribution in [0.2, 0.25) is 0 Å². The molecule has 0 spiro atoms. The van der Waals surface area contributed by atoms with Gasteiger partial charge in [-0.15, -0.1) is 0 Å². The van der Waals surface area contributed by atoms with Gasteiger partial charge in [0.1, 0.15) is 5.82 Å². The minimum Gasteiger partial charge on any atom is -0.494 e. The summed E-state index contributed by atoms with van der Waals surface area (Å²) in [5.74, 6) is -0.648. The Balaban J connectivity index is 2.02. The number of halogens is 2. The number of benzene rings is 1. The van der Waals surface area contributed by atoms with Gasteiger partial charge in [0.05, 0.1) is 12.8 Å². The second-order valence-electron chi connectivity index (χ2n) is 4.21. The van der Waals surface area contributed by atoms with Gasteiger partial charge in [-0.25, -0.2) is 8.78 Å². The zero-order valence-corrected chi connectivity index (χ0v) is 9.72. The molecule has 1 fully saturated rings. The molecule has 1 aromatic rings. The van der Waals surface area contributed by atoms with Crippen LogP contribution in [0.5, 0.6) is 5.75 Å². The second-order valence-corrected chi connectivity index (χ2v) is 4.21. The van der Waals surface area contributed by atoms with E-state index in [2.05, 4.69) is 10.6 Å². The van der Waals surface area contributed by atoms with Crippen molar-refractivity contribution in [3.63, 3.8) is 0 Å². The van der Waals surface area contributed by atoms with Crippen LogP contribution in [0, 0.1) is 17.6 Å². The summed E-state index contributed by atoms with van der Waals surface area (Å²) in [5, 5.41) is 6.16. The van der Waals surface area contributed by atoms with E-state index < -0.39 is 11.6 Å². The fourth-order valence-electron chi connectivity index (χ4n) is 1.96. The number of hydrogen-bond donors (Lipinski definition) is 2. The minimum absolute atomic E-state index is 0.0735. The fraction of sp³-hybridized carbons (Fsp3) is 0.500. The van der Waals surface area contributed by atoms with E-state index in [4.69, 9.17) is 4.74 Å². The maximum atomic E-state index is 13.6. The minimum atomic E-state index is -0.555. The van der Waals surface area contributed by atoms with E-state index >= 15 is 0 Å². The van der Waals surface area contributed by atoms with Crippen LogP contribution >= 0.6 is 0 Å². The van der Waals surface area contributed by atoms with Gasteiger partial charge in [-0.2, -0.15) is 0 Å². The molecule has 5 heteroatoms. The zero-order valence-electron chi connectivity index (χ0n) is 9.72. The maximum absolute atomic E-state index is 13.6. The molecule has 0 bridgehead atoms. The lowest BCUT2D eigenvalue weighted by molar-refractivity contribution is 0.383. The Labute approximate surface area is 99.2 Å². The zero-order chi connectivity index (χ0) is 12.3. The van der Waals surface area contributed by atoms with Gasteiger partial charge in [0, 0.05) is 18.7 Å². The molecule has 17 heavy (non-hydrogen) atoms. The number of methoxy groups -OCH3 is 1. The smallest absolute Gasteiger partial charge is 0.167 e. The topological polar surface area (TPSA) is 33.3 Å². The van der Waals surface area contributed by atoms with E-state index in [1.54, 1.807) is 0 Å². The number of anilines is 1. The number of hydrogen-bond acceptors (Lipinski definition) is 3. The van der Waals surface area contributed by atoms with E-state index in [0.29, 0.717) is 12.5 Å². The van der Waals surface area contributed by atoms with E-state index in [1.807, 2.05) is 0 Å². The van der Waals surface area contributed by atoms with Crippen LogP contribution in [0.3, 0.4) is 0 Å². The summed E-state index contributed by atoms with van der Waals surface area (Å²) in [7, 11) is 1.31. The first-order chi connectivity index (χ1) is 8.20. The third-order valence-corrected chi connectivity index (χ3v) is 2.99. The molecule has 1 heterocycles. The fourth-order valence-corrected chi connectivity index (χ4v) is 1.96. The largest absolute Gasteiger partial charge is 0.494 e. The molecule has 0 radical (unpaired) electrons. The molecule has 1 aliphatic rings. The van der Waals surface area contributed by atoms with E-state index in [-0.39, 0.29) is 11.4 Å². The van der Waals surface area contributed by atoms with Crippen molar-refractivity contribution in [2.45, 2.75) is 6.42 Å². The summed E-state index contributed by atoms with van der Waals surface area (Å²) >= 11 is 0. The molecule has 94 valence electrons. The van der Waals surface area contributed by atoms with Gasteiger partial charge in [-0.1, -0.05) is 0 Å². The Hall–Kier alpha value is -1.36. The molecule has 1 atom stereocenters. The Bertz CT molecular complexity index is 392. The third kappa shape index (κ3) is 2.85. The van der Waals surface area contributed by atoms with E-state index in [0.717, 1.165) is 31.6 Å². The Morgan fingerprint density at radius 1 is 1.41 bits per heavy atom. The van der Waals surface area contributed by atoms with Crippen LogP contribution < -0.4 is 15.4 Å². The highest BCUT2D eigenvalue weighted by Crippen LogP contribution is 2.25. The molecule has 0 aliphatic carbocycles. The standard InChI is InChI=1S/C12H16F2N2O/c1-17-12-5-9(13)11(4-10(12)14)16-7-8-2-3-15-6-8/h4-5,8,15-16H,2-3,6-7H2,1H3. The van der Waals surface area contributed by atoms with Crippen molar-refractivity contribution in [3.8, 4) is 5.75 Å². The highest BCUT2D eigenvalue weighted by atomic mass is 19.1. The van der Waals surface area contributed by atoms with Gasteiger partial charge >= 0.3 is 0 Å². The number of ether oxygens (including phenoxy) is 1. The Kier molecular flexibility index (Phi) is 3.78. The first-order valence-electron chi connectivity index (χ1n) is 5.68. The molecule has 0 saturated carbocycles. The van der Waals surface area contributed by atoms with Gasteiger partial charge < -0.3 is 15.4 Å². The first-order valence-corrected chi connectivity index (χ1v) is 5.68. The summed E-state index contributed by atoms with van der Waals surface area (Å²) in [5.41, 5.74) is 0.190. The SMILES string of the molecule is COc1cc(F)c(NCC2CCNC2)cc1F. The van der Waals surface area contributed by atoms with Crippen LogP contribution in [-0.2, 0) is 0 Å². The van der Waals surface area contributed by atoms with E-state index in [1.165, 1.54) is 7.11 Å². The molecular weight excluding hydrogens is 226 g/mol. The predicted octanol–water partition coefficient (Wildman–Crippen LogP) is 1.99. The van der Waals surface area contributed by atoms with Crippen LogP contribution in [-0.4, -0.2) is 26.7 Å². The lowest BCUT2D eigenvalue weighted by Gasteiger charge is -2.13. The van der Waals surface area contributed by atoms with Crippen molar-refractivity contribution in [2.75, 3.05) is 32.1 Å². The van der Waals surface area contributed by atoms with Crippen molar-refractivity contribution in [3.05, 3.63) is 23.8 Å². The van der Waals surface area contributed by atoms with Crippen molar-refractivity contribution in [1.29, 1.82) is 0 Å². The van der Waals surface area contributed by atoms with Crippen molar-refractivity contribution in [1.82, 2.24) is 5.32 Å². The molecule has 1 unspecified atom stereocenters. The number of nitrogens with one attached hydrogen (secondary N) is 2. The highest BCUT2D eigenvalue weighted by Gasteiger charge is 2.15. The molecule has 0 amide bonds. The van der Waals surface area contributed by atoms with Crippen LogP contribution in [0.1, 0.15) is 6.42 Å². The third-order valence-electron chi connectivity index (χ3n) is 2.99. The van der Waals surface area contributed by atoms with Gasteiger partial charge in [-0.05, 0) is 25.4 Å². The summed E-state index contributed by atoms with van der Waals surface area (Å²) in [4.78, 5) is 0. The summed E-state index contributed by atoms with van der Waals surface area (Å²) in [6.45, 7) is 2.56. The second kappa shape index (κ2) is 5.31. The molecule has 1 aliphatic heterocycles.